The number of aryl methyl sites for hydroxylation is 1. The maximum Gasteiger partial charge on any atom is 0.229 e. The van der Waals surface area contributed by atoms with Crippen molar-refractivity contribution in [2.75, 3.05) is 44.9 Å². The highest BCUT2D eigenvalue weighted by Gasteiger charge is 2.28. The summed E-state index contributed by atoms with van der Waals surface area (Å²) in [6, 6.07) is 12.1. The van der Waals surface area contributed by atoms with Gasteiger partial charge in [0.25, 0.3) is 0 Å². The third-order valence-corrected chi connectivity index (χ3v) is 6.52. The van der Waals surface area contributed by atoms with Crippen LogP contribution in [0.3, 0.4) is 0 Å². The van der Waals surface area contributed by atoms with Gasteiger partial charge < -0.3 is 24.0 Å². The van der Waals surface area contributed by atoms with Crippen molar-refractivity contribution in [1.82, 2.24) is 14.9 Å². The molecule has 2 aromatic carbocycles. The normalized spacial score (nSPS) is 15.4. The first-order valence-electron chi connectivity index (χ1n) is 12.1. The number of fused-ring (bicyclic) bond motifs is 1. The molecule has 2 aliphatic heterocycles. The fraction of sp³-hybridized carbons (Fsp3) is 0.370. The van der Waals surface area contributed by atoms with Crippen LogP contribution in [0.4, 0.5) is 10.3 Å². The first kappa shape index (κ1) is 24.0. The van der Waals surface area contributed by atoms with Crippen molar-refractivity contribution in [3.05, 3.63) is 70.7 Å². The molecule has 2 aliphatic rings. The summed E-state index contributed by atoms with van der Waals surface area (Å²) >= 11 is 0. The Bertz CT molecular complexity index is 1250. The number of carbonyl (C=O) groups excluding carboxylic acids is 1. The zero-order valence-electron chi connectivity index (χ0n) is 20.5. The number of nitrogens with zero attached hydrogens (tertiary/aromatic N) is 4. The van der Waals surface area contributed by atoms with Crippen molar-refractivity contribution in [2.24, 2.45) is 0 Å². The molecule has 36 heavy (non-hydrogen) atoms. The molecule has 3 heterocycles. The van der Waals surface area contributed by atoms with Crippen molar-refractivity contribution in [3.8, 4) is 17.4 Å². The van der Waals surface area contributed by atoms with E-state index in [4.69, 9.17) is 24.2 Å². The van der Waals surface area contributed by atoms with E-state index in [1.165, 1.54) is 6.07 Å². The molecule has 9 heteroatoms. The van der Waals surface area contributed by atoms with Gasteiger partial charge in [-0.3, -0.25) is 4.79 Å². The summed E-state index contributed by atoms with van der Waals surface area (Å²) in [5.74, 6) is 1.95. The highest BCUT2D eigenvalue weighted by atomic mass is 19.1. The molecule has 5 rings (SSSR count). The summed E-state index contributed by atoms with van der Waals surface area (Å²) in [5.41, 5.74) is 3.06. The Morgan fingerprint density at radius 3 is 2.53 bits per heavy atom. The molecule has 0 aliphatic carbocycles. The summed E-state index contributed by atoms with van der Waals surface area (Å²) in [4.78, 5) is 26.6. The second kappa shape index (κ2) is 10.5. The summed E-state index contributed by atoms with van der Waals surface area (Å²) in [7, 11) is 1.62. The van der Waals surface area contributed by atoms with Gasteiger partial charge in [-0.1, -0.05) is 12.1 Å². The Balaban J connectivity index is 1.41. The van der Waals surface area contributed by atoms with E-state index in [2.05, 4.69) is 4.90 Å². The Kier molecular flexibility index (Phi) is 6.99. The van der Waals surface area contributed by atoms with Gasteiger partial charge in [0.15, 0.2) is 0 Å². The summed E-state index contributed by atoms with van der Waals surface area (Å²) < 4.78 is 30.7. The molecule has 0 saturated carbocycles. The highest BCUT2D eigenvalue weighted by molar-refractivity contribution is 5.79. The first-order valence-corrected chi connectivity index (χ1v) is 12.1. The van der Waals surface area contributed by atoms with E-state index in [0.29, 0.717) is 75.4 Å². The van der Waals surface area contributed by atoms with Gasteiger partial charge in [-0.25, -0.2) is 9.37 Å². The number of hydrogen-bond donors (Lipinski definition) is 0. The van der Waals surface area contributed by atoms with Crippen LogP contribution in [0.2, 0.25) is 0 Å². The lowest BCUT2D eigenvalue weighted by atomic mass is 10.0. The molecular formula is C27H29FN4O4. The number of rotatable bonds is 6. The van der Waals surface area contributed by atoms with Crippen LogP contribution < -0.4 is 14.4 Å². The molecule has 0 unspecified atom stereocenters. The molecule has 0 radical (unpaired) electrons. The number of halogens is 1. The topological polar surface area (TPSA) is 77.0 Å². The predicted octanol–water partition coefficient (Wildman–Crippen LogP) is 3.69. The lowest BCUT2D eigenvalue weighted by Crippen LogP contribution is -2.40. The van der Waals surface area contributed by atoms with Crippen molar-refractivity contribution in [1.29, 1.82) is 0 Å². The number of morpholine rings is 1. The molecule has 0 spiro atoms. The summed E-state index contributed by atoms with van der Waals surface area (Å²) in [6.45, 7) is 5.22. The number of carbonyl (C=O) groups is 1. The molecule has 0 N–H and O–H groups in total. The van der Waals surface area contributed by atoms with Crippen LogP contribution in [-0.2, 0) is 28.9 Å². The van der Waals surface area contributed by atoms with Crippen LogP contribution in [0, 0.1) is 12.7 Å². The van der Waals surface area contributed by atoms with E-state index in [0.717, 1.165) is 22.6 Å². The molecule has 8 nitrogen and oxygen atoms in total. The van der Waals surface area contributed by atoms with Gasteiger partial charge in [0, 0.05) is 26.1 Å². The molecular weight excluding hydrogens is 463 g/mol. The van der Waals surface area contributed by atoms with E-state index in [-0.39, 0.29) is 11.7 Å². The summed E-state index contributed by atoms with van der Waals surface area (Å²) in [6.07, 6.45) is 0.891. The Hall–Kier alpha value is -3.72. The second-order valence-electron chi connectivity index (χ2n) is 8.96. The van der Waals surface area contributed by atoms with E-state index < -0.39 is 0 Å². The van der Waals surface area contributed by atoms with Gasteiger partial charge in [-0.05, 0) is 48.4 Å². The van der Waals surface area contributed by atoms with Gasteiger partial charge in [0.05, 0.1) is 44.5 Å². The molecule has 1 aromatic heterocycles. The van der Waals surface area contributed by atoms with Crippen molar-refractivity contribution in [3.63, 3.8) is 0 Å². The zero-order chi connectivity index (χ0) is 25.1. The number of aromatic nitrogens is 2. The number of anilines is 1. The maximum atomic E-state index is 13.8. The van der Waals surface area contributed by atoms with Gasteiger partial charge in [0.1, 0.15) is 17.3 Å². The predicted molar refractivity (Wildman–Crippen MR) is 132 cm³/mol. The first-order chi connectivity index (χ1) is 17.5. The van der Waals surface area contributed by atoms with Crippen molar-refractivity contribution < 1.29 is 23.4 Å². The second-order valence-corrected chi connectivity index (χ2v) is 8.96. The van der Waals surface area contributed by atoms with Crippen molar-refractivity contribution in [2.45, 2.75) is 26.3 Å². The van der Waals surface area contributed by atoms with Crippen molar-refractivity contribution >= 4 is 11.9 Å². The number of amides is 1. The SMILES string of the molecule is COc1ccc(CC(=O)N2CCc3nc(N4CCOCC4)nc(Oc4ccc(F)c(C)c4)c3C2)cc1. The smallest absolute Gasteiger partial charge is 0.229 e. The third-order valence-electron chi connectivity index (χ3n) is 6.52. The van der Waals surface area contributed by atoms with Crippen LogP contribution in [0.15, 0.2) is 42.5 Å². The van der Waals surface area contributed by atoms with Gasteiger partial charge in [0.2, 0.25) is 17.7 Å². The Labute approximate surface area is 209 Å². The molecule has 188 valence electrons. The molecule has 1 saturated heterocycles. The molecule has 0 atom stereocenters. The average Bonchev–Trinajstić information content (AvgIpc) is 2.91. The average molecular weight is 493 g/mol. The van der Waals surface area contributed by atoms with Crippen LogP contribution in [0.5, 0.6) is 17.4 Å². The number of benzene rings is 2. The fourth-order valence-corrected chi connectivity index (χ4v) is 4.40. The largest absolute Gasteiger partial charge is 0.497 e. The third kappa shape index (κ3) is 5.26. The van der Waals surface area contributed by atoms with Crippen LogP contribution in [0.25, 0.3) is 0 Å². The van der Waals surface area contributed by atoms with E-state index in [1.54, 1.807) is 26.2 Å². The minimum Gasteiger partial charge on any atom is -0.497 e. The lowest BCUT2D eigenvalue weighted by Gasteiger charge is -2.32. The standard InChI is InChI=1S/C27H29FN4O4/c1-18-15-21(7-8-23(18)28)36-26-22-17-32(25(33)16-19-3-5-20(34-2)6-4-19)10-9-24(22)29-27(30-26)31-11-13-35-14-12-31/h3-8,15H,9-14,16-17H2,1-2H3. The number of hydrogen-bond acceptors (Lipinski definition) is 7. The van der Waals surface area contributed by atoms with Gasteiger partial charge in [-0.2, -0.15) is 4.98 Å². The summed E-state index contributed by atoms with van der Waals surface area (Å²) in [5, 5.41) is 0. The quantitative estimate of drug-likeness (QED) is 0.519. The van der Waals surface area contributed by atoms with E-state index in [9.17, 15) is 9.18 Å². The maximum absolute atomic E-state index is 13.8. The lowest BCUT2D eigenvalue weighted by molar-refractivity contribution is -0.131. The highest BCUT2D eigenvalue weighted by Crippen LogP contribution is 2.32. The van der Waals surface area contributed by atoms with Crippen LogP contribution >= 0.6 is 0 Å². The van der Waals surface area contributed by atoms with Crippen LogP contribution in [-0.4, -0.2) is 60.7 Å². The van der Waals surface area contributed by atoms with E-state index >= 15 is 0 Å². The minimum absolute atomic E-state index is 0.0200. The fourth-order valence-electron chi connectivity index (χ4n) is 4.40. The number of methoxy groups -OCH3 is 1. The molecule has 0 bridgehead atoms. The van der Waals surface area contributed by atoms with Crippen LogP contribution in [0.1, 0.15) is 22.4 Å². The Morgan fingerprint density at radius 2 is 1.81 bits per heavy atom. The number of ether oxygens (including phenoxy) is 3. The van der Waals surface area contributed by atoms with Gasteiger partial charge >= 0.3 is 0 Å². The minimum atomic E-state index is -0.295. The zero-order valence-corrected chi connectivity index (χ0v) is 20.5. The Morgan fingerprint density at radius 1 is 1.06 bits per heavy atom. The van der Waals surface area contributed by atoms with Gasteiger partial charge in [-0.15, -0.1) is 0 Å². The molecule has 3 aromatic rings. The van der Waals surface area contributed by atoms with E-state index in [1.807, 2.05) is 29.2 Å². The molecule has 1 amide bonds. The molecule has 1 fully saturated rings. The monoisotopic (exact) mass is 492 g/mol.